The van der Waals surface area contributed by atoms with E-state index in [-0.39, 0.29) is 0 Å². The smallest absolute Gasteiger partial charge is 0.134 e. The van der Waals surface area contributed by atoms with E-state index < -0.39 is 0 Å². The van der Waals surface area contributed by atoms with Crippen molar-refractivity contribution in [2.75, 3.05) is 13.6 Å². The average molecular weight is 203 g/mol. The summed E-state index contributed by atoms with van der Waals surface area (Å²) in [5.74, 6) is 0.984. The van der Waals surface area contributed by atoms with Gasteiger partial charge in [0.05, 0.1) is 0 Å². The van der Waals surface area contributed by atoms with E-state index in [0.717, 1.165) is 24.3 Å². The SMILES string of the molecule is CNCCCc1ccc2cc(C)oc2c1. The lowest BCUT2D eigenvalue weighted by molar-refractivity contribution is 0.578. The zero-order valence-electron chi connectivity index (χ0n) is 9.34. The standard InChI is InChI=1S/C13H17NO/c1-10-8-12-6-5-11(4-3-7-14-2)9-13(12)15-10/h5-6,8-9,14H,3-4,7H2,1-2H3. The topological polar surface area (TPSA) is 25.2 Å². The second-order valence-corrected chi connectivity index (χ2v) is 3.94. The number of aryl methyl sites for hydroxylation is 2. The van der Waals surface area contributed by atoms with E-state index in [1.165, 1.54) is 17.4 Å². The van der Waals surface area contributed by atoms with E-state index in [0.29, 0.717) is 0 Å². The van der Waals surface area contributed by atoms with Gasteiger partial charge in [-0.2, -0.15) is 0 Å². The highest BCUT2D eigenvalue weighted by Crippen LogP contribution is 2.20. The van der Waals surface area contributed by atoms with Crippen molar-refractivity contribution in [1.82, 2.24) is 5.32 Å². The van der Waals surface area contributed by atoms with Crippen LogP contribution in [0.1, 0.15) is 17.7 Å². The van der Waals surface area contributed by atoms with Gasteiger partial charge in [0.2, 0.25) is 0 Å². The van der Waals surface area contributed by atoms with Crippen LogP contribution in [0, 0.1) is 6.92 Å². The third-order valence-corrected chi connectivity index (χ3v) is 2.60. The summed E-state index contributed by atoms with van der Waals surface area (Å²) in [5, 5.41) is 4.35. The molecule has 1 aromatic carbocycles. The molecule has 0 amide bonds. The van der Waals surface area contributed by atoms with Crippen LogP contribution < -0.4 is 5.32 Å². The maximum absolute atomic E-state index is 5.60. The minimum atomic E-state index is 0.984. The van der Waals surface area contributed by atoms with Crippen LogP contribution in [0.25, 0.3) is 11.0 Å². The summed E-state index contributed by atoms with van der Waals surface area (Å²) in [6, 6.07) is 8.55. The minimum absolute atomic E-state index is 0.984. The molecule has 0 bridgehead atoms. The Morgan fingerprint density at radius 2 is 2.13 bits per heavy atom. The zero-order valence-corrected chi connectivity index (χ0v) is 9.34. The molecule has 0 radical (unpaired) electrons. The first-order valence-electron chi connectivity index (χ1n) is 5.43. The first kappa shape index (κ1) is 10.2. The molecule has 15 heavy (non-hydrogen) atoms. The van der Waals surface area contributed by atoms with Crippen LogP contribution in [0.3, 0.4) is 0 Å². The Morgan fingerprint density at radius 3 is 2.93 bits per heavy atom. The van der Waals surface area contributed by atoms with Gasteiger partial charge in [-0.3, -0.25) is 0 Å². The van der Waals surface area contributed by atoms with Gasteiger partial charge in [-0.1, -0.05) is 12.1 Å². The van der Waals surface area contributed by atoms with Crippen LogP contribution in [-0.4, -0.2) is 13.6 Å². The molecule has 0 aliphatic heterocycles. The third kappa shape index (κ3) is 2.39. The van der Waals surface area contributed by atoms with Crippen molar-refractivity contribution in [3.63, 3.8) is 0 Å². The summed E-state index contributed by atoms with van der Waals surface area (Å²) in [7, 11) is 1.99. The predicted molar refractivity (Wildman–Crippen MR) is 63.2 cm³/mol. The van der Waals surface area contributed by atoms with E-state index in [4.69, 9.17) is 4.42 Å². The Kier molecular flexibility index (Phi) is 3.07. The van der Waals surface area contributed by atoms with E-state index >= 15 is 0 Å². The molecule has 2 aromatic rings. The fourth-order valence-electron chi connectivity index (χ4n) is 1.83. The third-order valence-electron chi connectivity index (χ3n) is 2.60. The largest absolute Gasteiger partial charge is 0.461 e. The molecule has 2 heteroatoms. The van der Waals surface area contributed by atoms with Crippen LogP contribution >= 0.6 is 0 Å². The van der Waals surface area contributed by atoms with Gasteiger partial charge in [0, 0.05) is 5.39 Å². The molecule has 0 spiro atoms. The number of hydrogen-bond acceptors (Lipinski definition) is 2. The number of nitrogens with one attached hydrogen (secondary N) is 1. The summed E-state index contributed by atoms with van der Waals surface area (Å²) in [4.78, 5) is 0. The summed E-state index contributed by atoms with van der Waals surface area (Å²) < 4.78 is 5.60. The predicted octanol–water partition coefficient (Wildman–Crippen LogP) is 2.89. The van der Waals surface area contributed by atoms with E-state index in [9.17, 15) is 0 Å². The molecule has 80 valence electrons. The Bertz CT molecular complexity index is 445. The molecule has 0 aliphatic carbocycles. The summed E-state index contributed by atoms with van der Waals surface area (Å²) in [5.41, 5.74) is 2.36. The van der Waals surface area contributed by atoms with Gasteiger partial charge in [-0.05, 0) is 51.1 Å². The maximum atomic E-state index is 5.60. The second-order valence-electron chi connectivity index (χ2n) is 3.94. The van der Waals surface area contributed by atoms with Gasteiger partial charge in [0.25, 0.3) is 0 Å². The number of fused-ring (bicyclic) bond motifs is 1. The van der Waals surface area contributed by atoms with Gasteiger partial charge in [0.1, 0.15) is 11.3 Å². The van der Waals surface area contributed by atoms with Crippen LogP contribution in [-0.2, 0) is 6.42 Å². The molecule has 0 saturated heterocycles. The highest BCUT2D eigenvalue weighted by atomic mass is 16.3. The summed E-state index contributed by atoms with van der Waals surface area (Å²) in [6.07, 6.45) is 2.28. The van der Waals surface area contributed by atoms with Crippen molar-refractivity contribution < 1.29 is 4.42 Å². The van der Waals surface area contributed by atoms with Crippen molar-refractivity contribution in [2.24, 2.45) is 0 Å². The molecule has 0 atom stereocenters. The first-order chi connectivity index (χ1) is 7.29. The maximum Gasteiger partial charge on any atom is 0.134 e. The molecule has 1 N–H and O–H groups in total. The molecule has 2 rings (SSSR count). The Morgan fingerprint density at radius 1 is 1.27 bits per heavy atom. The number of hydrogen-bond donors (Lipinski definition) is 1. The van der Waals surface area contributed by atoms with Gasteiger partial charge in [-0.25, -0.2) is 0 Å². The van der Waals surface area contributed by atoms with E-state index in [1.54, 1.807) is 0 Å². The molecule has 1 aromatic heterocycles. The lowest BCUT2D eigenvalue weighted by atomic mass is 10.1. The normalized spacial score (nSPS) is 11.1. The Hall–Kier alpha value is -1.28. The molecule has 2 nitrogen and oxygen atoms in total. The number of furan rings is 1. The molecule has 0 unspecified atom stereocenters. The van der Waals surface area contributed by atoms with Crippen molar-refractivity contribution in [1.29, 1.82) is 0 Å². The molecular formula is C13H17NO. The van der Waals surface area contributed by atoms with Crippen LogP contribution in [0.5, 0.6) is 0 Å². The van der Waals surface area contributed by atoms with Crippen molar-refractivity contribution in [3.8, 4) is 0 Å². The van der Waals surface area contributed by atoms with Gasteiger partial charge in [-0.15, -0.1) is 0 Å². The number of benzene rings is 1. The molecule has 0 fully saturated rings. The molecule has 0 saturated carbocycles. The van der Waals surface area contributed by atoms with Gasteiger partial charge in [0.15, 0.2) is 0 Å². The van der Waals surface area contributed by atoms with Crippen molar-refractivity contribution in [2.45, 2.75) is 19.8 Å². The quantitative estimate of drug-likeness (QED) is 0.773. The zero-order chi connectivity index (χ0) is 10.7. The highest BCUT2D eigenvalue weighted by molar-refractivity contribution is 5.78. The Labute approximate surface area is 90.3 Å². The van der Waals surface area contributed by atoms with Gasteiger partial charge < -0.3 is 9.73 Å². The summed E-state index contributed by atoms with van der Waals surface area (Å²) >= 11 is 0. The molecule has 0 aliphatic rings. The summed E-state index contributed by atoms with van der Waals surface area (Å²) in [6.45, 7) is 3.05. The lowest BCUT2D eigenvalue weighted by Crippen LogP contribution is -2.08. The highest BCUT2D eigenvalue weighted by Gasteiger charge is 2.01. The monoisotopic (exact) mass is 203 g/mol. The second kappa shape index (κ2) is 4.49. The average Bonchev–Trinajstić information content (AvgIpc) is 2.57. The van der Waals surface area contributed by atoms with Crippen LogP contribution in [0.4, 0.5) is 0 Å². The van der Waals surface area contributed by atoms with Crippen LogP contribution in [0.15, 0.2) is 28.7 Å². The van der Waals surface area contributed by atoms with Crippen molar-refractivity contribution >= 4 is 11.0 Å². The van der Waals surface area contributed by atoms with Crippen LogP contribution in [0.2, 0.25) is 0 Å². The van der Waals surface area contributed by atoms with Gasteiger partial charge >= 0.3 is 0 Å². The molecular weight excluding hydrogens is 186 g/mol. The first-order valence-corrected chi connectivity index (χ1v) is 5.43. The fraction of sp³-hybridized carbons (Fsp3) is 0.385. The van der Waals surface area contributed by atoms with E-state index in [1.807, 2.05) is 14.0 Å². The fourth-order valence-corrected chi connectivity index (χ4v) is 1.83. The molecule has 1 heterocycles. The lowest BCUT2D eigenvalue weighted by Gasteiger charge is -2.00. The number of rotatable bonds is 4. The van der Waals surface area contributed by atoms with E-state index in [2.05, 4.69) is 29.6 Å². The van der Waals surface area contributed by atoms with Crippen molar-refractivity contribution in [3.05, 3.63) is 35.6 Å². The minimum Gasteiger partial charge on any atom is -0.461 e. The Balaban J connectivity index is 2.15.